The second kappa shape index (κ2) is 7.59. The molecule has 2 aromatic rings. The van der Waals surface area contributed by atoms with E-state index < -0.39 is 10.0 Å². The van der Waals surface area contributed by atoms with Crippen molar-refractivity contribution in [2.75, 3.05) is 37.4 Å². The van der Waals surface area contributed by atoms with Gasteiger partial charge in [-0.05, 0) is 49.4 Å². The average molecular weight is 430 g/mol. The molecule has 2 aromatic carbocycles. The van der Waals surface area contributed by atoms with Gasteiger partial charge in [-0.2, -0.15) is 0 Å². The first kappa shape index (κ1) is 20.7. The van der Waals surface area contributed by atoms with Crippen molar-refractivity contribution < 1.29 is 17.9 Å². The summed E-state index contributed by atoms with van der Waals surface area (Å²) in [6.45, 7) is 5.66. The van der Waals surface area contributed by atoms with Gasteiger partial charge in [-0.15, -0.1) is 0 Å². The first-order chi connectivity index (χ1) is 14.2. The summed E-state index contributed by atoms with van der Waals surface area (Å²) in [5.74, 6) is 1.12. The number of fused-ring (bicyclic) bond motifs is 2. The largest absolute Gasteiger partial charge is 0.454 e. The third kappa shape index (κ3) is 3.65. The molecule has 4 rings (SSSR count). The van der Waals surface area contributed by atoms with E-state index in [1.165, 1.54) is 24.5 Å². The maximum absolute atomic E-state index is 13.1. The number of nitrogens with one attached hydrogen (secondary N) is 1. The Balaban J connectivity index is 1.88. The van der Waals surface area contributed by atoms with Gasteiger partial charge in [-0.3, -0.25) is 4.79 Å². The smallest absolute Gasteiger partial charge is 0.259 e. The monoisotopic (exact) mass is 429 g/mol. The Kier molecular flexibility index (Phi) is 5.23. The van der Waals surface area contributed by atoms with Crippen LogP contribution >= 0.6 is 0 Å². The van der Waals surface area contributed by atoms with Crippen LogP contribution in [0.15, 0.2) is 35.2 Å². The van der Waals surface area contributed by atoms with Crippen LogP contribution in [0.25, 0.3) is 0 Å². The molecule has 1 fully saturated rings. The number of hydrogen-bond donors (Lipinski definition) is 1. The van der Waals surface area contributed by atoms with Crippen LogP contribution in [0.5, 0.6) is 11.5 Å². The minimum Gasteiger partial charge on any atom is -0.454 e. The molecule has 0 atom stereocenters. The first-order valence-corrected chi connectivity index (χ1v) is 11.6. The lowest BCUT2D eigenvalue weighted by Gasteiger charge is -2.34. The Labute approximate surface area is 177 Å². The van der Waals surface area contributed by atoms with Crippen molar-refractivity contribution in [3.05, 3.63) is 41.5 Å². The van der Waals surface area contributed by atoms with Crippen molar-refractivity contribution in [3.8, 4) is 11.5 Å². The third-order valence-electron chi connectivity index (χ3n) is 5.79. The third-order valence-corrected chi connectivity index (χ3v) is 7.64. The Bertz CT molecular complexity index is 1100. The molecule has 1 N–H and O–H groups in total. The molecule has 0 bridgehead atoms. The number of nitrogens with zero attached hydrogens (tertiary/aromatic N) is 2. The number of amides is 1. The van der Waals surface area contributed by atoms with E-state index >= 15 is 0 Å². The van der Waals surface area contributed by atoms with Gasteiger partial charge in [0, 0.05) is 33.3 Å². The van der Waals surface area contributed by atoms with Crippen molar-refractivity contribution in [2.24, 2.45) is 5.92 Å². The number of piperidine rings is 1. The predicted octanol–water partition coefficient (Wildman–Crippen LogP) is 3.84. The van der Waals surface area contributed by atoms with Crippen LogP contribution in [0.3, 0.4) is 0 Å². The summed E-state index contributed by atoms with van der Waals surface area (Å²) in [4.78, 5) is 15.2. The summed E-state index contributed by atoms with van der Waals surface area (Å²) >= 11 is 0. The fourth-order valence-electron chi connectivity index (χ4n) is 3.85. The van der Waals surface area contributed by atoms with Gasteiger partial charge < -0.3 is 15.0 Å². The zero-order valence-electron chi connectivity index (χ0n) is 17.7. The highest BCUT2D eigenvalue weighted by Crippen LogP contribution is 2.41. The molecule has 0 spiro atoms. The van der Waals surface area contributed by atoms with Gasteiger partial charge in [0.1, 0.15) is 10.6 Å². The molecule has 1 amide bonds. The second-order valence-corrected chi connectivity index (χ2v) is 10.4. The van der Waals surface area contributed by atoms with Gasteiger partial charge >= 0.3 is 0 Å². The molecule has 2 aliphatic rings. The quantitative estimate of drug-likeness (QED) is 0.802. The molecule has 0 radical (unpaired) electrons. The van der Waals surface area contributed by atoms with Gasteiger partial charge in [0.25, 0.3) is 5.91 Å². The molecule has 1 saturated heterocycles. The van der Waals surface area contributed by atoms with Gasteiger partial charge in [0.2, 0.25) is 10.0 Å². The van der Waals surface area contributed by atoms with E-state index in [2.05, 4.69) is 17.1 Å². The van der Waals surface area contributed by atoms with Crippen molar-refractivity contribution in [1.82, 2.24) is 4.31 Å². The predicted molar refractivity (Wildman–Crippen MR) is 117 cm³/mol. The Morgan fingerprint density at radius 2 is 1.80 bits per heavy atom. The molecular formula is C22H27N3O4S. The molecule has 0 unspecified atom stereocenters. The molecule has 160 valence electrons. The van der Waals surface area contributed by atoms with Crippen LogP contribution in [0, 0.1) is 12.8 Å². The van der Waals surface area contributed by atoms with E-state index in [1.54, 1.807) is 6.07 Å². The molecule has 2 aliphatic heterocycles. The van der Waals surface area contributed by atoms with Gasteiger partial charge in [-0.1, -0.05) is 13.0 Å². The number of ether oxygens (including phenoxy) is 1. The Morgan fingerprint density at radius 1 is 1.10 bits per heavy atom. The fraction of sp³-hybridized carbons (Fsp3) is 0.409. The van der Waals surface area contributed by atoms with E-state index in [0.29, 0.717) is 28.8 Å². The van der Waals surface area contributed by atoms with Gasteiger partial charge in [-0.25, -0.2) is 12.7 Å². The minimum absolute atomic E-state index is 0.127. The molecule has 8 heteroatoms. The molecular weight excluding hydrogens is 402 g/mol. The van der Waals surface area contributed by atoms with Crippen molar-refractivity contribution in [1.29, 1.82) is 0 Å². The van der Waals surface area contributed by atoms with Crippen LogP contribution < -0.4 is 15.0 Å². The SMILES string of the molecule is Cc1ccc2c(c1)NC(=O)c1cc(S(=O)(=O)N(C)C)c(N3CCC(C)CC3)cc1O2. The second-order valence-electron chi connectivity index (χ2n) is 8.33. The van der Waals surface area contributed by atoms with Crippen LogP contribution in [0.2, 0.25) is 0 Å². The lowest BCUT2D eigenvalue weighted by molar-refractivity contribution is 0.102. The highest BCUT2D eigenvalue weighted by molar-refractivity contribution is 7.89. The Hall–Kier alpha value is -2.58. The van der Waals surface area contributed by atoms with Crippen molar-refractivity contribution >= 4 is 27.3 Å². The van der Waals surface area contributed by atoms with E-state index in [1.807, 2.05) is 25.1 Å². The van der Waals surface area contributed by atoms with Crippen LogP contribution in [-0.4, -0.2) is 45.8 Å². The number of sulfonamides is 1. The standard InChI is InChI=1S/C22H27N3O4S/c1-14-7-9-25(10-8-14)18-13-20-16(12-21(18)30(27,28)24(3)4)22(26)23-17-11-15(2)5-6-19(17)29-20/h5-6,11-14H,7-10H2,1-4H3,(H,23,26). The highest BCUT2D eigenvalue weighted by Gasteiger charge is 2.31. The molecule has 0 aromatic heterocycles. The average Bonchev–Trinajstić information content (AvgIpc) is 2.82. The highest BCUT2D eigenvalue weighted by atomic mass is 32.2. The van der Waals surface area contributed by atoms with Crippen molar-refractivity contribution in [2.45, 2.75) is 31.6 Å². The maximum atomic E-state index is 13.1. The number of aryl methyl sites for hydroxylation is 1. The normalized spacial score (nSPS) is 17.1. The topological polar surface area (TPSA) is 79.0 Å². The number of carbonyl (C=O) groups excluding carboxylic acids is 1. The van der Waals surface area contributed by atoms with E-state index in [0.717, 1.165) is 31.5 Å². The molecule has 2 heterocycles. The summed E-state index contributed by atoms with van der Waals surface area (Å²) in [6.07, 6.45) is 1.98. The zero-order chi connectivity index (χ0) is 21.6. The summed E-state index contributed by atoms with van der Waals surface area (Å²) in [5.41, 5.74) is 2.35. The van der Waals surface area contributed by atoms with Crippen molar-refractivity contribution in [3.63, 3.8) is 0 Å². The summed E-state index contributed by atoms with van der Waals surface area (Å²) < 4.78 is 33.5. The number of carbonyl (C=O) groups is 1. The summed E-state index contributed by atoms with van der Waals surface area (Å²) in [5, 5.41) is 2.85. The lowest BCUT2D eigenvalue weighted by atomic mass is 9.98. The fourth-order valence-corrected chi connectivity index (χ4v) is 4.96. The minimum atomic E-state index is -3.76. The van der Waals surface area contributed by atoms with Crippen LogP contribution in [0.1, 0.15) is 35.7 Å². The number of anilines is 2. The number of hydrogen-bond acceptors (Lipinski definition) is 5. The van der Waals surface area contributed by atoms with Gasteiger partial charge in [0.05, 0.1) is 16.9 Å². The summed E-state index contributed by atoms with van der Waals surface area (Å²) in [7, 11) is -0.761. The first-order valence-electron chi connectivity index (χ1n) is 10.1. The van der Waals surface area contributed by atoms with E-state index in [9.17, 15) is 13.2 Å². The van der Waals surface area contributed by atoms with E-state index in [4.69, 9.17) is 4.74 Å². The molecule has 0 saturated carbocycles. The molecule has 7 nitrogen and oxygen atoms in total. The summed E-state index contributed by atoms with van der Waals surface area (Å²) in [6, 6.07) is 8.71. The number of benzene rings is 2. The zero-order valence-corrected chi connectivity index (χ0v) is 18.5. The Morgan fingerprint density at radius 3 is 2.47 bits per heavy atom. The van der Waals surface area contributed by atoms with Crippen LogP contribution in [-0.2, 0) is 10.0 Å². The van der Waals surface area contributed by atoms with Gasteiger partial charge in [0.15, 0.2) is 5.75 Å². The van der Waals surface area contributed by atoms with E-state index in [-0.39, 0.29) is 16.4 Å². The number of rotatable bonds is 3. The molecule has 0 aliphatic carbocycles. The van der Waals surface area contributed by atoms with Crippen LogP contribution in [0.4, 0.5) is 11.4 Å². The maximum Gasteiger partial charge on any atom is 0.259 e. The lowest BCUT2D eigenvalue weighted by Crippen LogP contribution is -2.35. The molecule has 30 heavy (non-hydrogen) atoms.